The summed E-state index contributed by atoms with van der Waals surface area (Å²) in [5.41, 5.74) is 3.47. The van der Waals surface area contributed by atoms with Crippen LogP contribution in [0.5, 0.6) is 0 Å². The molecule has 2 aromatic rings. The number of aromatic nitrogens is 2. The van der Waals surface area contributed by atoms with Crippen LogP contribution < -0.4 is 5.32 Å². The maximum Gasteiger partial charge on any atom is 0.0695 e. The fourth-order valence-corrected chi connectivity index (χ4v) is 2.88. The van der Waals surface area contributed by atoms with Gasteiger partial charge in [0.25, 0.3) is 0 Å². The molecule has 0 unspecified atom stereocenters. The molecule has 0 saturated heterocycles. The highest BCUT2D eigenvalue weighted by atomic mass is 16.5. The molecule has 4 nitrogen and oxygen atoms in total. The molecule has 1 fully saturated rings. The Labute approximate surface area is 125 Å². The van der Waals surface area contributed by atoms with Gasteiger partial charge in [-0.25, -0.2) is 0 Å². The molecule has 1 aromatic heterocycles. The predicted molar refractivity (Wildman–Crippen MR) is 83.9 cm³/mol. The number of aromatic amines is 1. The van der Waals surface area contributed by atoms with E-state index in [1.807, 2.05) is 24.4 Å². The first kappa shape index (κ1) is 14.3. The molecule has 1 aliphatic rings. The molecule has 21 heavy (non-hydrogen) atoms. The Morgan fingerprint density at radius 2 is 2.00 bits per heavy atom. The molecular weight excluding hydrogens is 262 g/mol. The lowest BCUT2D eigenvalue weighted by atomic mass is 10.1. The molecule has 1 aliphatic carbocycles. The second-order valence-electron chi connectivity index (χ2n) is 5.59. The number of nitrogens with zero attached hydrogens (tertiary/aromatic N) is 1. The summed E-state index contributed by atoms with van der Waals surface area (Å²) >= 11 is 0. The molecule has 1 saturated carbocycles. The first-order valence-corrected chi connectivity index (χ1v) is 7.83. The minimum Gasteiger partial charge on any atom is -0.377 e. The van der Waals surface area contributed by atoms with Crippen LogP contribution in [0.15, 0.2) is 36.5 Å². The number of H-pyrrole nitrogens is 1. The van der Waals surface area contributed by atoms with Crippen LogP contribution in [0, 0.1) is 0 Å². The Balaban J connectivity index is 1.44. The van der Waals surface area contributed by atoms with Crippen LogP contribution in [0.4, 0.5) is 0 Å². The van der Waals surface area contributed by atoms with E-state index in [1.165, 1.54) is 36.8 Å². The van der Waals surface area contributed by atoms with Crippen molar-refractivity contribution in [3.8, 4) is 11.3 Å². The monoisotopic (exact) mass is 285 g/mol. The average molecular weight is 285 g/mol. The van der Waals surface area contributed by atoms with E-state index in [4.69, 9.17) is 4.74 Å². The molecule has 0 aliphatic heterocycles. The van der Waals surface area contributed by atoms with E-state index in [-0.39, 0.29) is 0 Å². The molecule has 1 aromatic carbocycles. The molecule has 0 atom stereocenters. The molecule has 4 heteroatoms. The summed E-state index contributed by atoms with van der Waals surface area (Å²) in [6.07, 6.45) is 7.52. The smallest absolute Gasteiger partial charge is 0.0695 e. The summed E-state index contributed by atoms with van der Waals surface area (Å²) in [6.45, 7) is 2.49. The van der Waals surface area contributed by atoms with Crippen LogP contribution in [0.25, 0.3) is 11.3 Å². The molecule has 3 rings (SSSR count). The lowest BCUT2D eigenvalue weighted by molar-refractivity contribution is 0.0603. The molecular formula is C17H23N3O. The molecule has 1 heterocycles. The second kappa shape index (κ2) is 7.38. The van der Waals surface area contributed by atoms with Crippen molar-refractivity contribution in [3.63, 3.8) is 0 Å². The standard InChI is InChI=1S/C17H23N3O/c1-2-6-14(7-3-1)17-15(13-19-20-17)12-18-10-11-21-16-8-4-5-9-16/h1-3,6-7,13,16,18H,4-5,8-12H2,(H,19,20). The topological polar surface area (TPSA) is 49.9 Å². The van der Waals surface area contributed by atoms with E-state index in [1.54, 1.807) is 0 Å². The van der Waals surface area contributed by atoms with Crippen molar-refractivity contribution in [3.05, 3.63) is 42.1 Å². The highest BCUT2D eigenvalue weighted by Gasteiger charge is 2.14. The number of hydrogen-bond acceptors (Lipinski definition) is 3. The molecule has 0 amide bonds. The van der Waals surface area contributed by atoms with Gasteiger partial charge in [-0.1, -0.05) is 43.2 Å². The van der Waals surface area contributed by atoms with Crippen LogP contribution in [-0.4, -0.2) is 29.5 Å². The maximum atomic E-state index is 5.85. The van der Waals surface area contributed by atoms with Gasteiger partial charge in [0.1, 0.15) is 0 Å². The summed E-state index contributed by atoms with van der Waals surface area (Å²) in [5.74, 6) is 0. The molecule has 0 bridgehead atoms. The Morgan fingerprint density at radius 1 is 1.19 bits per heavy atom. The van der Waals surface area contributed by atoms with Crippen molar-refractivity contribution in [2.75, 3.05) is 13.2 Å². The van der Waals surface area contributed by atoms with Crippen molar-refractivity contribution in [2.45, 2.75) is 38.3 Å². The van der Waals surface area contributed by atoms with Crippen LogP contribution in [0.1, 0.15) is 31.2 Å². The number of nitrogens with one attached hydrogen (secondary N) is 2. The molecule has 2 N–H and O–H groups in total. The summed E-state index contributed by atoms with van der Waals surface area (Å²) in [4.78, 5) is 0. The van der Waals surface area contributed by atoms with Gasteiger partial charge in [-0.15, -0.1) is 0 Å². The van der Waals surface area contributed by atoms with E-state index >= 15 is 0 Å². The Bertz CT molecular complexity index is 532. The third-order valence-electron chi connectivity index (χ3n) is 4.03. The van der Waals surface area contributed by atoms with Crippen LogP contribution in [0.2, 0.25) is 0 Å². The van der Waals surface area contributed by atoms with Gasteiger partial charge in [0.05, 0.1) is 24.6 Å². The Hall–Kier alpha value is -1.65. The first-order valence-electron chi connectivity index (χ1n) is 7.83. The van der Waals surface area contributed by atoms with Gasteiger partial charge in [0.2, 0.25) is 0 Å². The minimum atomic E-state index is 0.501. The van der Waals surface area contributed by atoms with Crippen molar-refractivity contribution >= 4 is 0 Å². The fourth-order valence-electron chi connectivity index (χ4n) is 2.88. The zero-order valence-electron chi connectivity index (χ0n) is 12.3. The highest BCUT2D eigenvalue weighted by molar-refractivity contribution is 5.62. The summed E-state index contributed by atoms with van der Waals surface area (Å²) < 4.78 is 5.85. The van der Waals surface area contributed by atoms with Gasteiger partial charge in [-0.2, -0.15) is 5.10 Å². The van der Waals surface area contributed by atoms with Crippen LogP contribution in [-0.2, 0) is 11.3 Å². The number of hydrogen-bond donors (Lipinski definition) is 2. The normalized spacial score (nSPS) is 15.6. The molecule has 0 radical (unpaired) electrons. The van der Waals surface area contributed by atoms with Gasteiger partial charge in [-0.3, -0.25) is 5.10 Å². The van der Waals surface area contributed by atoms with Crippen molar-refractivity contribution in [1.29, 1.82) is 0 Å². The molecule has 112 valence electrons. The zero-order valence-corrected chi connectivity index (χ0v) is 12.3. The summed E-state index contributed by atoms with van der Waals surface area (Å²) in [7, 11) is 0. The second-order valence-corrected chi connectivity index (χ2v) is 5.59. The van der Waals surface area contributed by atoms with Gasteiger partial charge >= 0.3 is 0 Å². The Kier molecular flexibility index (Phi) is 5.03. The number of rotatable bonds is 7. The number of benzene rings is 1. The highest BCUT2D eigenvalue weighted by Crippen LogP contribution is 2.21. The largest absolute Gasteiger partial charge is 0.377 e. The van der Waals surface area contributed by atoms with Gasteiger partial charge in [0, 0.05) is 18.7 Å². The lowest BCUT2D eigenvalue weighted by Gasteiger charge is -2.11. The van der Waals surface area contributed by atoms with E-state index in [0.717, 1.165) is 25.4 Å². The van der Waals surface area contributed by atoms with Crippen LogP contribution >= 0.6 is 0 Å². The average Bonchev–Trinajstić information content (AvgIpc) is 3.19. The Morgan fingerprint density at radius 3 is 2.81 bits per heavy atom. The summed E-state index contributed by atoms with van der Waals surface area (Å²) in [6, 6.07) is 10.3. The fraction of sp³-hybridized carbons (Fsp3) is 0.471. The quantitative estimate of drug-likeness (QED) is 0.768. The third-order valence-corrected chi connectivity index (χ3v) is 4.03. The SMILES string of the molecule is c1ccc(-c2[nH]ncc2CNCCOC2CCCC2)cc1. The van der Waals surface area contributed by atoms with Gasteiger partial charge in [-0.05, 0) is 18.4 Å². The van der Waals surface area contributed by atoms with Crippen molar-refractivity contribution in [1.82, 2.24) is 15.5 Å². The predicted octanol–water partition coefficient (Wildman–Crippen LogP) is 3.13. The van der Waals surface area contributed by atoms with Gasteiger partial charge < -0.3 is 10.1 Å². The van der Waals surface area contributed by atoms with E-state index in [0.29, 0.717) is 6.10 Å². The van der Waals surface area contributed by atoms with Crippen molar-refractivity contribution < 1.29 is 4.74 Å². The van der Waals surface area contributed by atoms with E-state index in [9.17, 15) is 0 Å². The van der Waals surface area contributed by atoms with E-state index in [2.05, 4.69) is 27.6 Å². The maximum absolute atomic E-state index is 5.85. The zero-order chi connectivity index (χ0) is 14.3. The van der Waals surface area contributed by atoms with Crippen LogP contribution in [0.3, 0.4) is 0 Å². The molecule has 0 spiro atoms. The van der Waals surface area contributed by atoms with E-state index < -0.39 is 0 Å². The number of ether oxygens (including phenoxy) is 1. The van der Waals surface area contributed by atoms with Gasteiger partial charge in [0.15, 0.2) is 0 Å². The van der Waals surface area contributed by atoms with Crippen molar-refractivity contribution in [2.24, 2.45) is 0 Å². The third kappa shape index (κ3) is 3.93. The first-order chi connectivity index (χ1) is 10.4. The lowest BCUT2D eigenvalue weighted by Crippen LogP contribution is -2.22. The summed E-state index contributed by atoms with van der Waals surface area (Å²) in [5, 5.41) is 10.7. The minimum absolute atomic E-state index is 0.501.